The van der Waals surface area contributed by atoms with Crippen LogP contribution in [0.3, 0.4) is 0 Å². The third-order valence-corrected chi connectivity index (χ3v) is 6.06. The van der Waals surface area contributed by atoms with Crippen LogP contribution in [-0.4, -0.2) is 72.7 Å². The Bertz CT molecular complexity index is 303. The molecule has 0 spiro atoms. The van der Waals surface area contributed by atoms with Crippen molar-refractivity contribution in [2.45, 2.75) is 38.6 Å². The van der Waals surface area contributed by atoms with Crippen molar-refractivity contribution in [2.75, 3.05) is 47.3 Å². The first-order valence-corrected chi connectivity index (χ1v) is 9.80. The minimum atomic E-state index is 0. The van der Waals surface area contributed by atoms with Gasteiger partial charge in [-0.2, -0.15) is 0 Å². The van der Waals surface area contributed by atoms with Crippen molar-refractivity contribution in [1.82, 2.24) is 14.7 Å². The molecule has 0 aromatic rings. The molecule has 1 rings (SSSR count). The lowest BCUT2D eigenvalue weighted by atomic mass is 10.3. The van der Waals surface area contributed by atoms with E-state index in [0.717, 1.165) is 11.7 Å². The smallest absolute Gasteiger partial charge is 0.172 e. The maximum absolute atomic E-state index is 4.74. The van der Waals surface area contributed by atoms with Crippen molar-refractivity contribution in [2.24, 2.45) is 4.99 Å². The monoisotopic (exact) mass is 398 g/mol. The van der Waals surface area contributed by atoms with Crippen LogP contribution in [0.1, 0.15) is 33.1 Å². The molecular formula is C14H31BrN4S2. The molecule has 0 radical (unpaired) electrons. The average Bonchev–Trinajstić information content (AvgIpc) is 2.92. The first-order valence-electron chi connectivity index (χ1n) is 7.59. The van der Waals surface area contributed by atoms with Gasteiger partial charge in [0.1, 0.15) is 0 Å². The van der Waals surface area contributed by atoms with Crippen LogP contribution in [0.2, 0.25) is 0 Å². The van der Waals surface area contributed by atoms with Crippen molar-refractivity contribution < 1.29 is 0 Å². The first-order chi connectivity index (χ1) is 9.58. The van der Waals surface area contributed by atoms with Gasteiger partial charge < -0.3 is 9.80 Å². The van der Waals surface area contributed by atoms with Gasteiger partial charge in [0.05, 0.1) is 0 Å². The number of aliphatic imine (C=N–C) groups is 1. The Labute approximate surface area is 149 Å². The second-order valence-corrected chi connectivity index (χ2v) is 7.66. The van der Waals surface area contributed by atoms with Gasteiger partial charge in [-0.1, -0.05) is 20.3 Å². The van der Waals surface area contributed by atoms with E-state index >= 15 is 0 Å². The lowest BCUT2D eigenvalue weighted by molar-refractivity contribution is 0.247. The molecule has 21 heavy (non-hydrogen) atoms. The molecule has 0 N–H and O–H groups in total. The summed E-state index contributed by atoms with van der Waals surface area (Å²) in [6.45, 7) is 9.25. The summed E-state index contributed by atoms with van der Waals surface area (Å²) in [7, 11) is 9.93. The molecule has 1 heterocycles. The quantitative estimate of drug-likeness (QED) is 0.551. The van der Waals surface area contributed by atoms with Crippen LogP contribution < -0.4 is 0 Å². The van der Waals surface area contributed by atoms with E-state index in [0.29, 0.717) is 0 Å². The Morgan fingerprint density at radius 1 is 1.05 bits per heavy atom. The van der Waals surface area contributed by atoms with Crippen LogP contribution in [0.15, 0.2) is 4.99 Å². The molecule has 0 aromatic heterocycles. The highest BCUT2D eigenvalue weighted by Gasteiger charge is 2.23. The molecule has 0 aromatic carbocycles. The van der Waals surface area contributed by atoms with Crippen molar-refractivity contribution in [3.05, 3.63) is 0 Å². The minimum absolute atomic E-state index is 0. The van der Waals surface area contributed by atoms with Crippen molar-refractivity contribution in [3.8, 4) is 0 Å². The minimum Gasteiger partial charge on any atom is -0.357 e. The zero-order valence-electron chi connectivity index (χ0n) is 14.0. The molecule has 0 bridgehead atoms. The standard InChI is InChI=1S/C14H30N4S2.BrH/c1-6-8-11-18(7-2)12-9-10-17(5)14-15-13(16(3)4)19-20-14;/h14H,6-12H2,1-5H3;1H. The molecule has 1 aliphatic heterocycles. The number of hydrogen-bond donors (Lipinski definition) is 0. The van der Waals surface area contributed by atoms with Crippen LogP contribution in [0.25, 0.3) is 0 Å². The summed E-state index contributed by atoms with van der Waals surface area (Å²) in [5.41, 5.74) is 0.281. The molecular weight excluding hydrogens is 368 g/mol. The Balaban J connectivity index is 0.00000400. The van der Waals surface area contributed by atoms with Crippen LogP contribution in [-0.2, 0) is 0 Å². The molecule has 0 fully saturated rings. The average molecular weight is 399 g/mol. The van der Waals surface area contributed by atoms with Crippen LogP contribution in [0.5, 0.6) is 0 Å². The molecule has 0 aliphatic carbocycles. The highest BCUT2D eigenvalue weighted by atomic mass is 79.9. The van der Waals surface area contributed by atoms with Crippen molar-refractivity contribution >= 4 is 43.7 Å². The molecule has 126 valence electrons. The molecule has 4 nitrogen and oxygen atoms in total. The van der Waals surface area contributed by atoms with E-state index in [-0.39, 0.29) is 22.5 Å². The second kappa shape index (κ2) is 12.0. The Morgan fingerprint density at radius 2 is 1.71 bits per heavy atom. The SMILES string of the molecule is Br.CCCCN(CC)CCCN(C)C1N=C(N(C)C)SS1. The fraction of sp³-hybridized carbons (Fsp3) is 0.929. The van der Waals surface area contributed by atoms with E-state index < -0.39 is 0 Å². The summed E-state index contributed by atoms with van der Waals surface area (Å²) in [6.07, 6.45) is 3.83. The normalized spacial score (nSPS) is 18.0. The van der Waals surface area contributed by atoms with Gasteiger partial charge in [0.25, 0.3) is 0 Å². The zero-order valence-corrected chi connectivity index (χ0v) is 17.4. The number of rotatable bonds is 9. The van der Waals surface area contributed by atoms with Gasteiger partial charge in [0.15, 0.2) is 10.7 Å². The van der Waals surface area contributed by atoms with Crippen LogP contribution in [0, 0.1) is 0 Å². The lowest BCUT2D eigenvalue weighted by Crippen LogP contribution is -2.32. The van der Waals surface area contributed by atoms with E-state index in [1.165, 1.54) is 38.9 Å². The summed E-state index contributed by atoms with van der Waals surface area (Å²) in [5, 5.41) is 1.13. The Morgan fingerprint density at radius 3 is 2.24 bits per heavy atom. The molecule has 1 aliphatic rings. The Hall–Kier alpha value is 0.570. The summed E-state index contributed by atoms with van der Waals surface area (Å²) in [6, 6.07) is 0. The summed E-state index contributed by atoms with van der Waals surface area (Å²) in [4.78, 5) is 11.7. The van der Waals surface area contributed by atoms with Crippen LogP contribution in [0.4, 0.5) is 0 Å². The van der Waals surface area contributed by atoms with Crippen molar-refractivity contribution in [3.63, 3.8) is 0 Å². The highest BCUT2D eigenvalue weighted by molar-refractivity contribution is 8.93. The van der Waals surface area contributed by atoms with Crippen molar-refractivity contribution in [1.29, 1.82) is 0 Å². The molecule has 7 heteroatoms. The number of nitrogens with zero attached hydrogens (tertiary/aromatic N) is 4. The number of unbranched alkanes of at least 4 members (excludes halogenated alkanes) is 1. The van der Waals surface area contributed by atoms with Gasteiger partial charge in [-0.15, -0.1) is 17.0 Å². The van der Waals surface area contributed by atoms with E-state index in [1.807, 2.05) is 10.8 Å². The summed E-state index contributed by atoms with van der Waals surface area (Å²) >= 11 is 0. The fourth-order valence-corrected chi connectivity index (χ4v) is 4.64. The van der Waals surface area contributed by atoms with Gasteiger partial charge in [-0.05, 0) is 61.1 Å². The summed E-state index contributed by atoms with van der Waals surface area (Å²) in [5.74, 6) is 0. The predicted octanol–water partition coefficient (Wildman–Crippen LogP) is 3.60. The van der Waals surface area contributed by atoms with Crippen LogP contribution >= 0.6 is 38.6 Å². The largest absolute Gasteiger partial charge is 0.357 e. The van der Waals surface area contributed by atoms with E-state index in [4.69, 9.17) is 4.99 Å². The fourth-order valence-electron chi connectivity index (χ4n) is 2.05. The van der Waals surface area contributed by atoms with Gasteiger partial charge in [0, 0.05) is 20.6 Å². The van der Waals surface area contributed by atoms with Gasteiger partial charge in [-0.3, -0.25) is 4.90 Å². The van der Waals surface area contributed by atoms with E-state index in [9.17, 15) is 0 Å². The highest BCUT2D eigenvalue weighted by Crippen LogP contribution is 2.37. The van der Waals surface area contributed by atoms with E-state index in [1.54, 1.807) is 10.8 Å². The molecule has 1 unspecified atom stereocenters. The lowest BCUT2D eigenvalue weighted by Gasteiger charge is -2.24. The maximum atomic E-state index is 4.74. The molecule has 0 saturated heterocycles. The summed E-state index contributed by atoms with van der Waals surface area (Å²) < 4.78 is 0. The second-order valence-electron chi connectivity index (χ2n) is 5.43. The number of halogens is 1. The third-order valence-electron chi connectivity index (χ3n) is 3.45. The topological polar surface area (TPSA) is 22.1 Å². The molecule has 0 saturated carbocycles. The predicted molar refractivity (Wildman–Crippen MR) is 105 cm³/mol. The first kappa shape index (κ1) is 21.6. The zero-order chi connectivity index (χ0) is 15.0. The molecule has 1 atom stereocenters. The van der Waals surface area contributed by atoms with Gasteiger partial charge in [0.2, 0.25) is 0 Å². The Kier molecular flexibility index (Phi) is 12.4. The van der Waals surface area contributed by atoms with E-state index in [2.05, 4.69) is 49.7 Å². The number of amidine groups is 1. The maximum Gasteiger partial charge on any atom is 0.172 e. The van der Waals surface area contributed by atoms with Gasteiger partial charge in [-0.25, -0.2) is 4.99 Å². The number of hydrogen-bond acceptors (Lipinski definition) is 6. The molecule has 0 amide bonds. The van der Waals surface area contributed by atoms with Gasteiger partial charge >= 0.3 is 0 Å². The third kappa shape index (κ3) is 8.11.